The molecule has 1 nitrogen and oxygen atoms in total. The first-order chi connectivity index (χ1) is 9.15. The van der Waals surface area contributed by atoms with Crippen LogP contribution in [0, 0.1) is 5.92 Å². The number of hydrogen-bond donors (Lipinski definition) is 0. The Balaban J connectivity index is 2.39. The molecule has 0 aliphatic heterocycles. The van der Waals surface area contributed by atoms with Gasteiger partial charge in [0.2, 0.25) is 0 Å². The maximum absolute atomic E-state index is 12.8. The molecule has 0 spiro atoms. The molecule has 0 bridgehead atoms. The Morgan fingerprint density at radius 2 is 1.95 bits per heavy atom. The number of Topliss-reactive ketones (excluding diaryl/α,β-unsaturated/α-hetero) is 1. The van der Waals surface area contributed by atoms with E-state index in [9.17, 15) is 4.79 Å². The molecular weight excluding hydrogens is 320 g/mol. The second-order valence-corrected chi connectivity index (χ2v) is 6.51. The summed E-state index contributed by atoms with van der Waals surface area (Å²) in [5.41, 5.74) is 1.11. The van der Waals surface area contributed by atoms with Crippen LogP contribution in [-0.2, 0) is 0 Å². The predicted octanol–water partition coefficient (Wildman–Crippen LogP) is 5.52. The molecule has 1 aromatic carbocycles. The van der Waals surface area contributed by atoms with E-state index < -0.39 is 0 Å². The van der Waals surface area contributed by atoms with Crippen LogP contribution in [0.4, 0.5) is 0 Å². The topological polar surface area (TPSA) is 17.1 Å². The standard InChI is InChI=1S/C16H17BrOS/c1-3-11(2)14(12-7-5-4-6-8-12)15(18)16-13(17)9-10-19-16/h4-11,14H,3H2,1-2H3. The van der Waals surface area contributed by atoms with Gasteiger partial charge in [-0.1, -0.05) is 50.6 Å². The zero-order valence-electron chi connectivity index (χ0n) is 11.1. The van der Waals surface area contributed by atoms with Gasteiger partial charge in [-0.25, -0.2) is 0 Å². The quantitative estimate of drug-likeness (QED) is 0.656. The van der Waals surface area contributed by atoms with Gasteiger partial charge < -0.3 is 0 Å². The number of ketones is 1. The first-order valence-electron chi connectivity index (χ1n) is 6.47. The summed E-state index contributed by atoms with van der Waals surface area (Å²) in [7, 11) is 0. The summed E-state index contributed by atoms with van der Waals surface area (Å²) < 4.78 is 0.909. The van der Waals surface area contributed by atoms with E-state index in [1.54, 1.807) is 0 Å². The molecule has 0 saturated heterocycles. The minimum Gasteiger partial charge on any atom is -0.293 e. The van der Waals surface area contributed by atoms with Crippen LogP contribution in [0.1, 0.15) is 41.4 Å². The minimum absolute atomic E-state index is 0.0545. The normalized spacial score (nSPS) is 14.1. The summed E-state index contributed by atoms with van der Waals surface area (Å²) in [6, 6.07) is 12.0. The highest BCUT2D eigenvalue weighted by Crippen LogP contribution is 2.34. The molecule has 2 unspecified atom stereocenters. The zero-order chi connectivity index (χ0) is 13.8. The molecule has 2 rings (SSSR count). The first-order valence-corrected chi connectivity index (χ1v) is 8.14. The average molecular weight is 337 g/mol. The summed E-state index contributed by atoms with van der Waals surface area (Å²) in [4.78, 5) is 13.6. The number of halogens is 1. The number of carbonyl (C=O) groups is 1. The van der Waals surface area contributed by atoms with Crippen LogP contribution in [0.3, 0.4) is 0 Å². The van der Waals surface area contributed by atoms with E-state index in [1.165, 1.54) is 11.3 Å². The molecule has 1 aromatic heterocycles. The number of rotatable bonds is 5. The number of carbonyl (C=O) groups excluding carboxylic acids is 1. The number of hydrogen-bond acceptors (Lipinski definition) is 2. The third-order valence-corrected chi connectivity index (χ3v) is 5.35. The van der Waals surface area contributed by atoms with Crippen molar-refractivity contribution >= 4 is 33.0 Å². The Hall–Kier alpha value is -0.930. The van der Waals surface area contributed by atoms with Gasteiger partial charge in [-0.15, -0.1) is 11.3 Å². The van der Waals surface area contributed by atoms with E-state index in [0.29, 0.717) is 5.92 Å². The van der Waals surface area contributed by atoms with E-state index in [-0.39, 0.29) is 11.7 Å². The van der Waals surface area contributed by atoms with E-state index in [1.807, 2.05) is 29.6 Å². The Kier molecular flexibility index (Phi) is 4.94. The van der Waals surface area contributed by atoms with Gasteiger partial charge in [0.15, 0.2) is 5.78 Å². The predicted molar refractivity (Wildman–Crippen MR) is 85.0 cm³/mol. The summed E-state index contributed by atoms with van der Waals surface area (Å²) >= 11 is 4.98. The van der Waals surface area contributed by atoms with Crippen molar-refractivity contribution in [3.05, 3.63) is 56.7 Å². The van der Waals surface area contributed by atoms with Crippen molar-refractivity contribution in [1.29, 1.82) is 0 Å². The van der Waals surface area contributed by atoms with E-state index in [4.69, 9.17) is 0 Å². The Labute approximate surface area is 126 Å². The van der Waals surface area contributed by atoms with Gasteiger partial charge in [-0.3, -0.25) is 4.79 Å². The summed E-state index contributed by atoms with van der Waals surface area (Å²) in [5, 5.41) is 1.95. The van der Waals surface area contributed by atoms with E-state index in [0.717, 1.165) is 21.3 Å². The van der Waals surface area contributed by atoms with Crippen molar-refractivity contribution < 1.29 is 4.79 Å². The van der Waals surface area contributed by atoms with Gasteiger partial charge in [-0.05, 0) is 38.9 Å². The van der Waals surface area contributed by atoms with E-state index in [2.05, 4.69) is 41.9 Å². The average Bonchev–Trinajstić information content (AvgIpc) is 2.86. The molecule has 0 amide bonds. The second kappa shape index (κ2) is 6.49. The Morgan fingerprint density at radius 1 is 1.26 bits per heavy atom. The van der Waals surface area contributed by atoms with Crippen molar-refractivity contribution in [2.24, 2.45) is 5.92 Å². The van der Waals surface area contributed by atoms with Crippen molar-refractivity contribution in [3.8, 4) is 0 Å². The summed E-state index contributed by atoms with van der Waals surface area (Å²) in [6.07, 6.45) is 0.994. The third kappa shape index (κ3) is 3.15. The largest absolute Gasteiger partial charge is 0.293 e. The van der Waals surface area contributed by atoms with Crippen molar-refractivity contribution in [2.75, 3.05) is 0 Å². The maximum Gasteiger partial charge on any atom is 0.181 e. The van der Waals surface area contributed by atoms with Crippen molar-refractivity contribution in [2.45, 2.75) is 26.2 Å². The van der Waals surface area contributed by atoms with Gasteiger partial charge in [0.05, 0.1) is 10.8 Å². The molecule has 100 valence electrons. The molecule has 0 fully saturated rings. The van der Waals surface area contributed by atoms with Crippen LogP contribution < -0.4 is 0 Å². The lowest BCUT2D eigenvalue weighted by Gasteiger charge is -2.22. The lowest BCUT2D eigenvalue weighted by atomic mass is 9.82. The Bertz CT molecular complexity index is 547. The molecule has 0 N–H and O–H groups in total. The lowest BCUT2D eigenvalue weighted by molar-refractivity contribution is 0.0935. The molecule has 19 heavy (non-hydrogen) atoms. The maximum atomic E-state index is 12.8. The molecule has 0 aliphatic rings. The van der Waals surface area contributed by atoms with Crippen LogP contribution in [-0.4, -0.2) is 5.78 Å². The molecule has 0 saturated carbocycles. The summed E-state index contributed by atoms with van der Waals surface area (Å²) in [5.74, 6) is 0.507. The van der Waals surface area contributed by atoms with Crippen LogP contribution >= 0.6 is 27.3 Å². The highest BCUT2D eigenvalue weighted by Gasteiger charge is 2.28. The highest BCUT2D eigenvalue weighted by molar-refractivity contribution is 9.10. The lowest BCUT2D eigenvalue weighted by Crippen LogP contribution is -2.19. The zero-order valence-corrected chi connectivity index (χ0v) is 13.5. The summed E-state index contributed by atoms with van der Waals surface area (Å²) in [6.45, 7) is 4.29. The van der Waals surface area contributed by atoms with Gasteiger partial charge in [0.1, 0.15) is 0 Å². The molecule has 0 radical (unpaired) electrons. The smallest absolute Gasteiger partial charge is 0.181 e. The van der Waals surface area contributed by atoms with Gasteiger partial charge >= 0.3 is 0 Å². The monoisotopic (exact) mass is 336 g/mol. The second-order valence-electron chi connectivity index (χ2n) is 4.74. The minimum atomic E-state index is -0.0545. The van der Waals surface area contributed by atoms with Crippen LogP contribution in [0.5, 0.6) is 0 Å². The molecule has 1 heterocycles. The van der Waals surface area contributed by atoms with E-state index >= 15 is 0 Å². The fraction of sp³-hybridized carbons (Fsp3) is 0.312. The number of thiophene rings is 1. The molecule has 0 aliphatic carbocycles. The van der Waals surface area contributed by atoms with Crippen LogP contribution in [0.25, 0.3) is 0 Å². The van der Waals surface area contributed by atoms with Gasteiger partial charge in [-0.2, -0.15) is 0 Å². The van der Waals surface area contributed by atoms with Crippen molar-refractivity contribution in [3.63, 3.8) is 0 Å². The third-order valence-electron chi connectivity index (χ3n) is 3.50. The molecule has 2 aromatic rings. The highest BCUT2D eigenvalue weighted by atomic mass is 79.9. The van der Waals surface area contributed by atoms with Gasteiger partial charge in [0.25, 0.3) is 0 Å². The fourth-order valence-corrected chi connectivity index (χ4v) is 3.79. The first kappa shape index (κ1) is 14.5. The molecular formula is C16H17BrOS. The fourth-order valence-electron chi connectivity index (χ4n) is 2.25. The number of benzene rings is 1. The Morgan fingerprint density at radius 3 is 2.47 bits per heavy atom. The van der Waals surface area contributed by atoms with Crippen LogP contribution in [0.2, 0.25) is 0 Å². The van der Waals surface area contributed by atoms with Crippen LogP contribution in [0.15, 0.2) is 46.3 Å². The SMILES string of the molecule is CCC(C)C(C(=O)c1sccc1Br)c1ccccc1. The molecule has 2 atom stereocenters. The molecule has 3 heteroatoms. The van der Waals surface area contributed by atoms with Gasteiger partial charge in [0, 0.05) is 4.47 Å². The van der Waals surface area contributed by atoms with Crippen molar-refractivity contribution in [1.82, 2.24) is 0 Å².